The van der Waals surface area contributed by atoms with Crippen molar-refractivity contribution in [1.82, 2.24) is 14.5 Å². The molecule has 0 saturated heterocycles. The number of hydrogen-bond donors (Lipinski definition) is 1. The summed E-state index contributed by atoms with van der Waals surface area (Å²) in [5, 5.41) is 3.49. The second kappa shape index (κ2) is 6.96. The Hall–Kier alpha value is -2.14. The fraction of sp³-hybridized carbons (Fsp3) is 0.333. The number of nitrogens with zero attached hydrogens (tertiary/aromatic N) is 3. The first-order chi connectivity index (χ1) is 11.1. The van der Waals surface area contributed by atoms with Crippen molar-refractivity contribution < 1.29 is 0 Å². The number of aryl methyl sites for hydroxylation is 1. The van der Waals surface area contributed by atoms with E-state index in [0.717, 1.165) is 30.3 Å². The van der Waals surface area contributed by atoms with Crippen molar-refractivity contribution >= 4 is 17.0 Å². The average Bonchev–Trinajstić information content (AvgIpc) is 3.14. The molecule has 0 fully saturated rings. The standard InChI is InChI=1S/C18H22N4S/c1-13(2)18-19-7-8-22(18)11-15-5-4-6-16(9-15)20-10-17-14(3)21-12-23-17/h4-9,12-13,20H,10-11H2,1-3H3. The van der Waals surface area contributed by atoms with Crippen molar-refractivity contribution in [2.45, 2.75) is 39.8 Å². The Morgan fingerprint density at radius 3 is 2.87 bits per heavy atom. The van der Waals surface area contributed by atoms with Gasteiger partial charge in [-0.05, 0) is 24.6 Å². The topological polar surface area (TPSA) is 42.7 Å². The minimum Gasteiger partial charge on any atom is -0.380 e. The Kier molecular flexibility index (Phi) is 4.76. The minimum atomic E-state index is 0.431. The van der Waals surface area contributed by atoms with E-state index in [-0.39, 0.29) is 0 Å². The number of hydrogen-bond acceptors (Lipinski definition) is 4. The third kappa shape index (κ3) is 3.79. The van der Waals surface area contributed by atoms with Gasteiger partial charge in [-0.3, -0.25) is 0 Å². The van der Waals surface area contributed by atoms with Crippen LogP contribution in [0.2, 0.25) is 0 Å². The molecule has 0 aliphatic rings. The summed E-state index contributed by atoms with van der Waals surface area (Å²) in [4.78, 5) is 10.0. The lowest BCUT2D eigenvalue weighted by Gasteiger charge is -2.12. The van der Waals surface area contributed by atoms with Crippen LogP contribution in [0.3, 0.4) is 0 Å². The van der Waals surface area contributed by atoms with Gasteiger partial charge in [0, 0.05) is 35.4 Å². The van der Waals surface area contributed by atoms with E-state index in [0.29, 0.717) is 5.92 Å². The zero-order valence-corrected chi connectivity index (χ0v) is 14.6. The zero-order chi connectivity index (χ0) is 16.2. The van der Waals surface area contributed by atoms with Crippen LogP contribution in [0.25, 0.3) is 0 Å². The van der Waals surface area contributed by atoms with Crippen LogP contribution in [0.1, 0.15) is 41.7 Å². The van der Waals surface area contributed by atoms with Gasteiger partial charge in [-0.1, -0.05) is 26.0 Å². The Bertz CT molecular complexity index is 773. The molecule has 0 unspecified atom stereocenters. The molecule has 0 bridgehead atoms. The van der Waals surface area contributed by atoms with Crippen molar-refractivity contribution in [3.05, 3.63) is 64.1 Å². The molecule has 1 N–H and O–H groups in total. The van der Waals surface area contributed by atoms with Gasteiger partial charge in [-0.15, -0.1) is 11.3 Å². The SMILES string of the molecule is Cc1ncsc1CNc1cccc(Cn2ccnc2C(C)C)c1. The molecule has 23 heavy (non-hydrogen) atoms. The highest BCUT2D eigenvalue weighted by Crippen LogP contribution is 2.18. The van der Waals surface area contributed by atoms with Gasteiger partial charge in [0.2, 0.25) is 0 Å². The first kappa shape index (κ1) is 15.7. The largest absolute Gasteiger partial charge is 0.380 e. The van der Waals surface area contributed by atoms with E-state index in [1.807, 2.05) is 11.7 Å². The van der Waals surface area contributed by atoms with E-state index >= 15 is 0 Å². The molecule has 0 spiro atoms. The number of benzene rings is 1. The maximum Gasteiger partial charge on any atom is 0.111 e. The maximum absolute atomic E-state index is 4.46. The van der Waals surface area contributed by atoms with Gasteiger partial charge in [0.25, 0.3) is 0 Å². The summed E-state index contributed by atoms with van der Waals surface area (Å²) in [6.07, 6.45) is 3.93. The monoisotopic (exact) mass is 326 g/mol. The summed E-state index contributed by atoms with van der Waals surface area (Å²) in [5.74, 6) is 1.56. The van der Waals surface area contributed by atoms with E-state index in [1.165, 1.54) is 10.4 Å². The molecule has 3 aromatic rings. The highest BCUT2D eigenvalue weighted by atomic mass is 32.1. The van der Waals surface area contributed by atoms with Gasteiger partial charge >= 0.3 is 0 Å². The smallest absolute Gasteiger partial charge is 0.111 e. The predicted molar refractivity (Wildman–Crippen MR) is 96.0 cm³/mol. The molecule has 5 heteroatoms. The second-order valence-electron chi connectivity index (χ2n) is 5.98. The molecular formula is C18H22N4S. The quantitative estimate of drug-likeness (QED) is 0.728. The van der Waals surface area contributed by atoms with Crippen LogP contribution in [0.15, 0.2) is 42.2 Å². The summed E-state index contributed by atoms with van der Waals surface area (Å²) in [7, 11) is 0. The normalized spacial score (nSPS) is 11.1. The van der Waals surface area contributed by atoms with Crippen LogP contribution < -0.4 is 5.32 Å². The summed E-state index contributed by atoms with van der Waals surface area (Å²) < 4.78 is 2.22. The Morgan fingerprint density at radius 1 is 1.26 bits per heavy atom. The van der Waals surface area contributed by atoms with Gasteiger partial charge in [0.05, 0.1) is 17.7 Å². The molecule has 0 amide bonds. The van der Waals surface area contributed by atoms with E-state index in [2.05, 4.69) is 71.1 Å². The summed E-state index contributed by atoms with van der Waals surface area (Å²) in [6.45, 7) is 8.07. The summed E-state index contributed by atoms with van der Waals surface area (Å²) in [6, 6.07) is 8.58. The number of aromatic nitrogens is 3. The van der Waals surface area contributed by atoms with Gasteiger partial charge < -0.3 is 9.88 Å². The van der Waals surface area contributed by atoms with E-state index in [9.17, 15) is 0 Å². The van der Waals surface area contributed by atoms with Crippen molar-refractivity contribution in [3.63, 3.8) is 0 Å². The number of imidazole rings is 1. The molecule has 2 heterocycles. The van der Waals surface area contributed by atoms with Gasteiger partial charge in [-0.2, -0.15) is 0 Å². The molecule has 120 valence electrons. The fourth-order valence-corrected chi connectivity index (χ4v) is 3.33. The Balaban J connectivity index is 1.70. The van der Waals surface area contributed by atoms with Crippen LogP contribution in [-0.2, 0) is 13.1 Å². The maximum atomic E-state index is 4.46. The van der Waals surface area contributed by atoms with E-state index < -0.39 is 0 Å². The molecule has 0 radical (unpaired) electrons. The molecule has 0 atom stereocenters. The molecule has 3 rings (SSSR count). The highest BCUT2D eigenvalue weighted by molar-refractivity contribution is 7.09. The van der Waals surface area contributed by atoms with Crippen molar-refractivity contribution in [3.8, 4) is 0 Å². The summed E-state index contributed by atoms with van der Waals surface area (Å²) >= 11 is 1.70. The third-order valence-electron chi connectivity index (χ3n) is 3.84. The van der Waals surface area contributed by atoms with E-state index in [4.69, 9.17) is 0 Å². The third-order valence-corrected chi connectivity index (χ3v) is 4.78. The first-order valence-electron chi connectivity index (χ1n) is 7.86. The van der Waals surface area contributed by atoms with Crippen molar-refractivity contribution in [2.24, 2.45) is 0 Å². The second-order valence-corrected chi connectivity index (χ2v) is 6.92. The molecule has 2 aromatic heterocycles. The van der Waals surface area contributed by atoms with Crippen LogP contribution in [0.4, 0.5) is 5.69 Å². The first-order valence-corrected chi connectivity index (χ1v) is 8.74. The highest BCUT2D eigenvalue weighted by Gasteiger charge is 2.08. The molecule has 4 nitrogen and oxygen atoms in total. The van der Waals surface area contributed by atoms with Gasteiger partial charge in [-0.25, -0.2) is 9.97 Å². The van der Waals surface area contributed by atoms with Crippen LogP contribution in [-0.4, -0.2) is 14.5 Å². The molecule has 0 aliphatic carbocycles. The lowest BCUT2D eigenvalue weighted by Crippen LogP contribution is -2.06. The van der Waals surface area contributed by atoms with Gasteiger partial charge in [0.15, 0.2) is 0 Å². The minimum absolute atomic E-state index is 0.431. The van der Waals surface area contributed by atoms with Crippen molar-refractivity contribution in [1.29, 1.82) is 0 Å². The molecule has 0 aliphatic heterocycles. The number of thiazole rings is 1. The number of rotatable bonds is 6. The number of nitrogens with one attached hydrogen (secondary N) is 1. The van der Waals surface area contributed by atoms with Crippen LogP contribution in [0, 0.1) is 6.92 Å². The van der Waals surface area contributed by atoms with E-state index in [1.54, 1.807) is 11.3 Å². The van der Waals surface area contributed by atoms with Crippen LogP contribution >= 0.6 is 11.3 Å². The Labute approximate surface area is 141 Å². The van der Waals surface area contributed by atoms with Crippen LogP contribution in [0.5, 0.6) is 0 Å². The lowest BCUT2D eigenvalue weighted by molar-refractivity contribution is 0.670. The lowest BCUT2D eigenvalue weighted by atomic mass is 10.1. The average molecular weight is 326 g/mol. The summed E-state index contributed by atoms with van der Waals surface area (Å²) in [5.41, 5.74) is 5.42. The van der Waals surface area contributed by atoms with Gasteiger partial charge in [0.1, 0.15) is 5.82 Å². The Morgan fingerprint density at radius 2 is 2.13 bits per heavy atom. The number of anilines is 1. The molecule has 0 saturated carbocycles. The van der Waals surface area contributed by atoms with Crippen molar-refractivity contribution in [2.75, 3.05) is 5.32 Å². The molecule has 1 aromatic carbocycles. The molecular weight excluding hydrogens is 304 g/mol. The fourth-order valence-electron chi connectivity index (χ4n) is 2.61. The zero-order valence-electron chi connectivity index (χ0n) is 13.8. The predicted octanol–water partition coefficient (Wildman–Crippen LogP) is 4.43.